The first-order valence-corrected chi connectivity index (χ1v) is 23.6. The van der Waals surface area contributed by atoms with E-state index >= 15 is 13.2 Å². The van der Waals surface area contributed by atoms with Gasteiger partial charge >= 0.3 is 6.18 Å². The van der Waals surface area contributed by atoms with Crippen LogP contribution in [0.25, 0.3) is 115 Å². The second-order valence-electron chi connectivity index (χ2n) is 18.4. The molecular formula is C65H41F3N4. The van der Waals surface area contributed by atoms with Crippen LogP contribution >= 0.6 is 0 Å². The third-order valence-corrected chi connectivity index (χ3v) is 13.9. The molecule has 0 fully saturated rings. The lowest BCUT2D eigenvalue weighted by Crippen LogP contribution is -2.11. The molecule has 0 saturated carbocycles. The summed E-state index contributed by atoms with van der Waals surface area (Å²) in [5, 5.41) is 14.7. The molecule has 12 aromatic rings. The topological polar surface area (TPSA) is 38.0 Å². The normalized spacial score (nSPS) is 11.7. The van der Waals surface area contributed by atoms with Crippen LogP contribution in [0.2, 0.25) is 0 Å². The van der Waals surface area contributed by atoms with Crippen molar-refractivity contribution in [3.63, 3.8) is 0 Å². The van der Waals surface area contributed by atoms with Gasteiger partial charge in [0.1, 0.15) is 0 Å². The predicted octanol–water partition coefficient (Wildman–Crippen LogP) is 18.3. The summed E-state index contributed by atoms with van der Waals surface area (Å²) in [5.41, 5.74) is 12.2. The number of benzene rings is 10. The molecule has 0 bridgehead atoms. The number of aryl methyl sites for hydroxylation is 2. The number of rotatable bonds is 7. The number of hydrogen-bond acceptors (Lipinski definition) is 1. The van der Waals surface area contributed by atoms with Crippen molar-refractivity contribution in [3.05, 3.63) is 246 Å². The van der Waals surface area contributed by atoms with Crippen LogP contribution in [0.4, 0.5) is 18.9 Å². The monoisotopic (exact) mass is 934 g/mol. The molecule has 12 rings (SSSR count). The molecule has 0 unspecified atom stereocenters. The van der Waals surface area contributed by atoms with Crippen molar-refractivity contribution >= 4 is 49.3 Å². The minimum absolute atomic E-state index is 0.155. The second kappa shape index (κ2) is 17.2. The molecule has 0 radical (unpaired) electrons. The maximum Gasteiger partial charge on any atom is 0.415 e. The summed E-state index contributed by atoms with van der Waals surface area (Å²) in [5.74, 6) is 0. The van der Waals surface area contributed by atoms with E-state index in [9.17, 15) is 5.26 Å². The molecule has 0 atom stereocenters. The van der Waals surface area contributed by atoms with E-state index in [0.717, 1.165) is 105 Å². The van der Waals surface area contributed by atoms with Gasteiger partial charge in [-0.3, -0.25) is 0 Å². The molecule has 0 saturated heterocycles. The van der Waals surface area contributed by atoms with Gasteiger partial charge in [0.15, 0.2) is 5.69 Å². The van der Waals surface area contributed by atoms with Gasteiger partial charge < -0.3 is 9.13 Å². The SMILES string of the molecule is [C-]#[N+]c1cccc(C(F)(F)F)c1-c1c(-n2c3cc(-c4ccccc4)ccc3c3ccc(-c4cccc(C)c4)cc32)cc(C#N)cc1-n1c2cc(-c3ccccc3)ccc2c2ccc(-c3cccc(C)c3)cc21. The Kier molecular flexibility index (Phi) is 10.5. The molecule has 0 N–H and O–H groups in total. The lowest BCUT2D eigenvalue weighted by Gasteiger charge is -2.24. The molecular weight excluding hydrogens is 894 g/mol. The Bertz CT molecular complexity index is 4010. The van der Waals surface area contributed by atoms with Crippen molar-refractivity contribution in [3.8, 4) is 73.1 Å². The van der Waals surface area contributed by atoms with Gasteiger partial charge in [0.25, 0.3) is 0 Å². The van der Waals surface area contributed by atoms with E-state index in [2.05, 4.69) is 95.8 Å². The number of hydrogen-bond donors (Lipinski definition) is 0. The second-order valence-corrected chi connectivity index (χ2v) is 18.4. The Morgan fingerprint density at radius 3 is 1.17 bits per heavy atom. The summed E-state index contributed by atoms with van der Waals surface area (Å²) in [6, 6.07) is 70.9. The molecule has 0 aliphatic rings. The van der Waals surface area contributed by atoms with Crippen LogP contribution in [0.3, 0.4) is 0 Å². The molecule has 342 valence electrons. The summed E-state index contributed by atoms with van der Waals surface area (Å²) in [6.45, 7) is 12.6. The summed E-state index contributed by atoms with van der Waals surface area (Å²) < 4.78 is 52.1. The van der Waals surface area contributed by atoms with Gasteiger partial charge in [0, 0.05) is 32.7 Å². The molecule has 0 spiro atoms. The van der Waals surface area contributed by atoms with Crippen molar-refractivity contribution in [2.24, 2.45) is 0 Å². The fourth-order valence-corrected chi connectivity index (χ4v) is 10.6. The highest BCUT2D eigenvalue weighted by Crippen LogP contribution is 2.50. The zero-order chi connectivity index (χ0) is 49.3. The molecule has 2 aromatic heterocycles. The average molecular weight is 935 g/mol. The van der Waals surface area contributed by atoms with E-state index < -0.39 is 11.7 Å². The lowest BCUT2D eigenvalue weighted by atomic mass is 9.92. The number of halogens is 3. The van der Waals surface area contributed by atoms with Crippen molar-refractivity contribution in [1.29, 1.82) is 5.26 Å². The third-order valence-electron chi connectivity index (χ3n) is 13.9. The van der Waals surface area contributed by atoms with Crippen LogP contribution in [0.1, 0.15) is 22.3 Å². The van der Waals surface area contributed by atoms with Crippen molar-refractivity contribution in [2.75, 3.05) is 0 Å². The van der Waals surface area contributed by atoms with Crippen LogP contribution < -0.4 is 0 Å². The summed E-state index contributed by atoms with van der Waals surface area (Å²) in [7, 11) is 0. The zero-order valence-corrected chi connectivity index (χ0v) is 39.1. The summed E-state index contributed by atoms with van der Waals surface area (Å²) in [6.07, 6.45) is -4.88. The number of alkyl halides is 3. The van der Waals surface area contributed by atoms with E-state index in [1.165, 1.54) is 12.1 Å². The van der Waals surface area contributed by atoms with E-state index in [1.807, 2.05) is 120 Å². The number of nitriles is 1. The third kappa shape index (κ3) is 7.39. The van der Waals surface area contributed by atoms with Gasteiger partial charge in [0.2, 0.25) is 0 Å². The number of nitrogens with zero attached hydrogens (tertiary/aromatic N) is 4. The highest BCUT2D eigenvalue weighted by atomic mass is 19.4. The molecule has 0 aliphatic carbocycles. The van der Waals surface area contributed by atoms with Crippen molar-refractivity contribution in [2.45, 2.75) is 20.0 Å². The Hall–Kier alpha value is -9.43. The van der Waals surface area contributed by atoms with E-state index in [-0.39, 0.29) is 22.4 Å². The molecule has 0 aliphatic heterocycles. The smallest absolute Gasteiger partial charge is 0.309 e. The minimum Gasteiger partial charge on any atom is -0.309 e. The summed E-state index contributed by atoms with van der Waals surface area (Å²) in [4.78, 5) is 3.86. The lowest BCUT2D eigenvalue weighted by molar-refractivity contribution is -0.137. The zero-order valence-electron chi connectivity index (χ0n) is 39.1. The highest BCUT2D eigenvalue weighted by Gasteiger charge is 2.37. The van der Waals surface area contributed by atoms with Crippen LogP contribution in [-0.4, -0.2) is 9.13 Å². The molecule has 7 heteroatoms. The molecule has 0 amide bonds. The fourth-order valence-electron chi connectivity index (χ4n) is 10.6. The maximum absolute atomic E-state index is 16.0. The van der Waals surface area contributed by atoms with E-state index in [4.69, 9.17) is 6.57 Å². The average Bonchev–Trinajstić information content (AvgIpc) is 3.91. The molecule has 10 aromatic carbocycles. The molecule has 72 heavy (non-hydrogen) atoms. The maximum atomic E-state index is 16.0. The van der Waals surface area contributed by atoms with Crippen molar-refractivity contribution < 1.29 is 13.2 Å². The minimum atomic E-state index is -4.88. The van der Waals surface area contributed by atoms with Gasteiger partial charge in [-0.2, -0.15) is 18.4 Å². The molecule has 2 heterocycles. The first-order valence-electron chi connectivity index (χ1n) is 23.6. The quantitative estimate of drug-likeness (QED) is 0.147. The first-order chi connectivity index (χ1) is 35.1. The Morgan fingerprint density at radius 2 is 0.792 bits per heavy atom. The largest absolute Gasteiger partial charge is 0.415 e. The van der Waals surface area contributed by atoms with Crippen LogP contribution in [0, 0.1) is 31.8 Å². The van der Waals surface area contributed by atoms with Crippen LogP contribution in [-0.2, 0) is 6.18 Å². The Balaban J connectivity index is 1.30. The highest BCUT2D eigenvalue weighted by molar-refractivity contribution is 6.14. The Labute approximate surface area is 414 Å². The van der Waals surface area contributed by atoms with E-state index in [1.54, 1.807) is 12.1 Å². The van der Waals surface area contributed by atoms with Gasteiger partial charge in [-0.05, 0) is 94.8 Å². The number of fused-ring (bicyclic) bond motifs is 6. The van der Waals surface area contributed by atoms with Gasteiger partial charge in [-0.1, -0.05) is 187 Å². The first kappa shape index (κ1) is 43.8. The van der Waals surface area contributed by atoms with Crippen LogP contribution in [0.15, 0.2) is 212 Å². The van der Waals surface area contributed by atoms with Gasteiger partial charge in [-0.25, -0.2) is 4.85 Å². The Morgan fingerprint density at radius 1 is 0.417 bits per heavy atom. The van der Waals surface area contributed by atoms with E-state index in [0.29, 0.717) is 11.4 Å². The standard InChI is InChI=1S/C65H41F3N4/c1-40-13-10-19-45(31-40)49-25-29-53-51-27-23-47(43-15-6-4-7-16-43)35-57(51)71(59(53)37-49)61-33-42(39-69)34-62(64(61)63-55(65(66,67)68)21-12-22-56(63)70-3)72-58-36-48(44-17-8-5-9-18-44)24-28-52(58)54-30-26-50(38-60(54)72)46-20-11-14-41(2)32-46/h4-38H,1-2H3. The fraction of sp³-hybridized carbons (Fsp3) is 0.0462. The summed E-state index contributed by atoms with van der Waals surface area (Å²) >= 11 is 0. The van der Waals surface area contributed by atoms with Crippen molar-refractivity contribution in [1.82, 2.24) is 9.13 Å². The van der Waals surface area contributed by atoms with Gasteiger partial charge in [-0.15, -0.1) is 0 Å². The molecule has 4 nitrogen and oxygen atoms in total. The predicted molar refractivity (Wildman–Crippen MR) is 288 cm³/mol. The number of aromatic nitrogens is 2. The van der Waals surface area contributed by atoms with Gasteiger partial charge in [0.05, 0.1) is 57.2 Å². The van der Waals surface area contributed by atoms with Crippen LogP contribution in [0.5, 0.6) is 0 Å².